The minimum absolute atomic E-state index is 0. The van der Waals surface area contributed by atoms with Gasteiger partial charge in [0.05, 0.1) is 0 Å². The van der Waals surface area contributed by atoms with E-state index in [1.165, 1.54) is 6.07 Å². The van der Waals surface area contributed by atoms with E-state index in [-0.39, 0.29) is 22.5 Å². The van der Waals surface area contributed by atoms with Gasteiger partial charge in [-0.05, 0) is 6.54 Å². The van der Waals surface area contributed by atoms with E-state index in [9.17, 15) is 4.79 Å². The summed E-state index contributed by atoms with van der Waals surface area (Å²) >= 11 is 0. The second kappa shape index (κ2) is 4.29. The molecule has 0 aliphatic rings. The smallest absolute Gasteiger partial charge is 0.280 e. The molecule has 0 aliphatic carbocycles. The van der Waals surface area contributed by atoms with Gasteiger partial charge in [-0.15, -0.1) is 17.0 Å². The third kappa shape index (κ3) is 2.36. The molecule has 58 valence electrons. The number of H-pyrrole nitrogens is 1. The number of aromatic nitrogens is 1. The standard InChI is InChI=1S/C5H8N2O2.BrH/c6-2-1-4-3-5(8)7-9-4;/h3H,1-2,6H2,(H,7,8);1H. The van der Waals surface area contributed by atoms with Gasteiger partial charge in [0.1, 0.15) is 5.76 Å². The predicted octanol–water partition coefficient (Wildman–Crippen LogP) is 0.0470. The summed E-state index contributed by atoms with van der Waals surface area (Å²) in [6.45, 7) is 0.501. The number of nitrogens with two attached hydrogens (primary N) is 1. The van der Waals surface area contributed by atoms with Gasteiger partial charge in [0.15, 0.2) is 0 Å². The summed E-state index contributed by atoms with van der Waals surface area (Å²) < 4.78 is 4.69. The van der Waals surface area contributed by atoms with Gasteiger partial charge in [0.2, 0.25) is 0 Å². The van der Waals surface area contributed by atoms with Gasteiger partial charge < -0.3 is 10.3 Å². The summed E-state index contributed by atoms with van der Waals surface area (Å²) in [5.41, 5.74) is 4.98. The summed E-state index contributed by atoms with van der Waals surface area (Å²) in [5, 5.41) is 2.17. The van der Waals surface area contributed by atoms with Crippen molar-refractivity contribution >= 4 is 17.0 Å². The van der Waals surface area contributed by atoms with E-state index >= 15 is 0 Å². The Morgan fingerprint density at radius 1 is 1.70 bits per heavy atom. The van der Waals surface area contributed by atoms with E-state index in [4.69, 9.17) is 5.73 Å². The van der Waals surface area contributed by atoms with Crippen molar-refractivity contribution in [3.05, 3.63) is 22.2 Å². The first-order chi connectivity index (χ1) is 4.33. The molecule has 0 saturated heterocycles. The second-order valence-electron chi connectivity index (χ2n) is 1.72. The van der Waals surface area contributed by atoms with Gasteiger partial charge in [0.25, 0.3) is 5.56 Å². The average Bonchev–Trinajstić information content (AvgIpc) is 2.17. The lowest BCUT2D eigenvalue weighted by molar-refractivity contribution is 0.380. The average molecular weight is 209 g/mol. The molecular formula is C5H9BrN2O2. The fourth-order valence-electron chi connectivity index (χ4n) is 0.586. The Kier molecular flexibility index (Phi) is 4.06. The zero-order chi connectivity index (χ0) is 6.69. The van der Waals surface area contributed by atoms with Gasteiger partial charge >= 0.3 is 0 Å². The summed E-state index contributed by atoms with van der Waals surface area (Å²) in [5.74, 6) is 0.613. The largest absolute Gasteiger partial charge is 0.383 e. The van der Waals surface area contributed by atoms with Crippen molar-refractivity contribution in [2.24, 2.45) is 5.73 Å². The van der Waals surface area contributed by atoms with Crippen LogP contribution in [0.4, 0.5) is 0 Å². The first-order valence-corrected chi connectivity index (χ1v) is 2.70. The Balaban J connectivity index is 0.000000810. The number of nitrogens with one attached hydrogen (secondary N) is 1. The number of aromatic amines is 1. The molecule has 3 N–H and O–H groups in total. The zero-order valence-corrected chi connectivity index (χ0v) is 7.01. The Morgan fingerprint density at radius 3 is 2.80 bits per heavy atom. The van der Waals surface area contributed by atoms with E-state index < -0.39 is 0 Å². The van der Waals surface area contributed by atoms with E-state index in [2.05, 4.69) is 9.68 Å². The molecule has 5 heteroatoms. The SMILES string of the molecule is Br.NCCc1cc(=O)[nH]o1. The molecule has 1 rings (SSSR count). The second-order valence-corrected chi connectivity index (χ2v) is 1.72. The van der Waals surface area contributed by atoms with Crippen molar-refractivity contribution in [1.29, 1.82) is 0 Å². The van der Waals surface area contributed by atoms with Crippen LogP contribution in [-0.2, 0) is 6.42 Å². The Morgan fingerprint density at radius 2 is 2.40 bits per heavy atom. The number of rotatable bonds is 2. The van der Waals surface area contributed by atoms with E-state index in [1.807, 2.05) is 0 Å². The van der Waals surface area contributed by atoms with Crippen LogP contribution in [0.25, 0.3) is 0 Å². The normalized spacial score (nSPS) is 8.90. The highest BCUT2D eigenvalue weighted by molar-refractivity contribution is 8.93. The van der Waals surface area contributed by atoms with Gasteiger partial charge in [-0.2, -0.15) is 5.16 Å². The Labute approximate surface area is 68.1 Å². The van der Waals surface area contributed by atoms with Crippen LogP contribution in [0.3, 0.4) is 0 Å². The van der Waals surface area contributed by atoms with Gasteiger partial charge in [0, 0.05) is 12.5 Å². The lowest BCUT2D eigenvalue weighted by atomic mass is 10.3. The maximum absolute atomic E-state index is 10.4. The van der Waals surface area contributed by atoms with Crippen LogP contribution in [-0.4, -0.2) is 11.7 Å². The molecule has 0 fully saturated rings. The topological polar surface area (TPSA) is 72.0 Å². The minimum atomic E-state index is -0.210. The fraction of sp³-hybridized carbons (Fsp3) is 0.400. The van der Waals surface area contributed by atoms with Gasteiger partial charge in [-0.25, -0.2) is 0 Å². The van der Waals surface area contributed by atoms with Crippen LogP contribution in [0.5, 0.6) is 0 Å². The van der Waals surface area contributed by atoms with E-state index in [0.29, 0.717) is 18.7 Å². The third-order valence-electron chi connectivity index (χ3n) is 0.966. The molecule has 0 spiro atoms. The number of hydrogen-bond acceptors (Lipinski definition) is 3. The van der Waals surface area contributed by atoms with Crippen LogP contribution in [0.2, 0.25) is 0 Å². The van der Waals surface area contributed by atoms with Crippen molar-refractivity contribution in [3.63, 3.8) is 0 Å². The highest BCUT2D eigenvalue weighted by Crippen LogP contribution is 1.90. The molecule has 1 heterocycles. The fourth-order valence-corrected chi connectivity index (χ4v) is 0.586. The summed E-state index contributed by atoms with van der Waals surface area (Å²) in [6.07, 6.45) is 0.610. The molecule has 1 aromatic rings. The van der Waals surface area contributed by atoms with Crippen LogP contribution < -0.4 is 11.3 Å². The molecule has 10 heavy (non-hydrogen) atoms. The van der Waals surface area contributed by atoms with Gasteiger partial charge in [-0.1, -0.05) is 0 Å². The van der Waals surface area contributed by atoms with Crippen molar-refractivity contribution in [1.82, 2.24) is 5.16 Å². The van der Waals surface area contributed by atoms with E-state index in [0.717, 1.165) is 0 Å². The van der Waals surface area contributed by atoms with Gasteiger partial charge in [-0.3, -0.25) is 4.79 Å². The van der Waals surface area contributed by atoms with Crippen LogP contribution >= 0.6 is 17.0 Å². The third-order valence-corrected chi connectivity index (χ3v) is 0.966. The minimum Gasteiger partial charge on any atom is -0.383 e. The predicted molar refractivity (Wildman–Crippen MR) is 42.4 cm³/mol. The zero-order valence-electron chi connectivity index (χ0n) is 5.29. The van der Waals surface area contributed by atoms with E-state index in [1.54, 1.807) is 0 Å². The summed E-state index contributed by atoms with van der Waals surface area (Å²) in [7, 11) is 0. The van der Waals surface area contributed by atoms with Crippen LogP contribution in [0.15, 0.2) is 15.4 Å². The van der Waals surface area contributed by atoms with Crippen molar-refractivity contribution in [2.75, 3.05) is 6.54 Å². The molecule has 0 radical (unpaired) electrons. The molecule has 0 unspecified atom stereocenters. The molecule has 0 amide bonds. The molecule has 0 aromatic carbocycles. The molecule has 4 nitrogen and oxygen atoms in total. The van der Waals surface area contributed by atoms with Crippen LogP contribution in [0.1, 0.15) is 5.76 Å². The molecule has 1 aromatic heterocycles. The highest BCUT2D eigenvalue weighted by atomic mass is 79.9. The number of halogens is 1. The lowest BCUT2D eigenvalue weighted by Crippen LogP contribution is -2.01. The Hall–Kier alpha value is -0.550. The van der Waals surface area contributed by atoms with Crippen LogP contribution in [0, 0.1) is 0 Å². The van der Waals surface area contributed by atoms with Crippen molar-refractivity contribution in [2.45, 2.75) is 6.42 Å². The summed E-state index contributed by atoms with van der Waals surface area (Å²) in [6, 6.07) is 1.40. The molecule has 0 atom stereocenters. The van der Waals surface area contributed by atoms with Crippen molar-refractivity contribution in [3.8, 4) is 0 Å². The first-order valence-electron chi connectivity index (χ1n) is 2.70. The monoisotopic (exact) mass is 208 g/mol. The maximum atomic E-state index is 10.4. The lowest BCUT2D eigenvalue weighted by Gasteiger charge is -1.84. The Bertz CT molecular complexity index is 230. The molecule has 0 aliphatic heterocycles. The maximum Gasteiger partial charge on any atom is 0.280 e. The first kappa shape index (κ1) is 9.45. The molecule has 0 bridgehead atoms. The number of hydrogen-bond donors (Lipinski definition) is 2. The molecule has 0 saturated carbocycles. The molecular weight excluding hydrogens is 200 g/mol. The van der Waals surface area contributed by atoms with Crippen molar-refractivity contribution < 1.29 is 4.52 Å². The highest BCUT2D eigenvalue weighted by Gasteiger charge is 1.94. The summed E-state index contributed by atoms with van der Waals surface area (Å²) in [4.78, 5) is 10.4. The quantitative estimate of drug-likeness (QED) is 0.722.